The molecule has 0 aromatic heterocycles. The van der Waals surface area contributed by atoms with Gasteiger partial charge in [0, 0.05) is 11.1 Å². The number of ether oxygens (including phenoxy) is 2. The van der Waals surface area contributed by atoms with Gasteiger partial charge in [-0.3, -0.25) is 0 Å². The molecule has 2 aliphatic rings. The van der Waals surface area contributed by atoms with Crippen LogP contribution in [-0.4, -0.2) is 14.2 Å². The van der Waals surface area contributed by atoms with Crippen molar-refractivity contribution >= 4 is 0 Å². The summed E-state index contributed by atoms with van der Waals surface area (Å²) in [5.74, 6) is 3.65. The van der Waals surface area contributed by atoms with Gasteiger partial charge in [0.05, 0.1) is 14.2 Å². The van der Waals surface area contributed by atoms with Gasteiger partial charge in [0.2, 0.25) is 0 Å². The van der Waals surface area contributed by atoms with Crippen LogP contribution in [0.5, 0.6) is 11.5 Å². The van der Waals surface area contributed by atoms with Crippen molar-refractivity contribution in [2.75, 3.05) is 14.2 Å². The molecule has 1 aromatic carbocycles. The first-order valence-corrected chi connectivity index (χ1v) is 6.44. The Balaban J connectivity index is 2.33. The number of rotatable bonds is 2. The van der Waals surface area contributed by atoms with Crippen LogP contribution >= 0.6 is 0 Å². The molecule has 0 saturated heterocycles. The van der Waals surface area contributed by atoms with Gasteiger partial charge in [0.1, 0.15) is 11.5 Å². The summed E-state index contributed by atoms with van der Waals surface area (Å²) < 4.78 is 11.3. The quantitative estimate of drug-likeness (QED) is 0.774. The van der Waals surface area contributed by atoms with Crippen molar-refractivity contribution in [3.63, 3.8) is 0 Å². The summed E-state index contributed by atoms with van der Waals surface area (Å²) in [6, 6.07) is 0. The Kier molecular flexibility index (Phi) is 2.35. The van der Waals surface area contributed by atoms with Crippen LogP contribution in [0.15, 0.2) is 0 Å². The summed E-state index contributed by atoms with van der Waals surface area (Å²) in [5, 5.41) is 0. The normalized spacial score (nSPS) is 24.9. The van der Waals surface area contributed by atoms with Gasteiger partial charge in [0.25, 0.3) is 0 Å². The van der Waals surface area contributed by atoms with Crippen molar-refractivity contribution in [1.29, 1.82) is 0 Å². The van der Waals surface area contributed by atoms with Crippen LogP contribution in [0.3, 0.4) is 0 Å². The van der Waals surface area contributed by atoms with E-state index < -0.39 is 0 Å². The van der Waals surface area contributed by atoms with E-state index in [2.05, 4.69) is 13.8 Å². The molecule has 1 aromatic rings. The standard InChI is InChI=1S/C15H20O2/c1-8-9(2)15(17-4)13-11-6-5-10(7-11)12(13)14(8)16-3/h10-11H,5-7H2,1-4H3/t10-,11+. The fraction of sp³-hybridized carbons (Fsp3) is 0.600. The van der Waals surface area contributed by atoms with Crippen LogP contribution in [-0.2, 0) is 0 Å². The number of hydrogen-bond acceptors (Lipinski definition) is 2. The molecule has 2 nitrogen and oxygen atoms in total. The Hall–Kier alpha value is -1.18. The van der Waals surface area contributed by atoms with E-state index in [0.717, 1.165) is 11.5 Å². The number of hydrogen-bond donors (Lipinski definition) is 0. The molecule has 0 spiro atoms. The molecule has 92 valence electrons. The molecule has 0 aliphatic heterocycles. The lowest BCUT2D eigenvalue weighted by Crippen LogP contribution is -2.07. The molecule has 0 radical (unpaired) electrons. The zero-order valence-corrected chi connectivity index (χ0v) is 11.1. The predicted octanol–water partition coefficient (Wildman–Crippen LogP) is 3.69. The first kappa shape index (κ1) is 10.9. The highest BCUT2D eigenvalue weighted by Gasteiger charge is 2.42. The van der Waals surface area contributed by atoms with E-state index in [0.29, 0.717) is 11.8 Å². The third kappa shape index (κ3) is 1.27. The number of benzene rings is 1. The van der Waals surface area contributed by atoms with Crippen molar-refractivity contribution < 1.29 is 9.47 Å². The van der Waals surface area contributed by atoms with Gasteiger partial charge in [-0.2, -0.15) is 0 Å². The van der Waals surface area contributed by atoms with E-state index in [4.69, 9.17) is 9.47 Å². The topological polar surface area (TPSA) is 18.5 Å². The highest BCUT2D eigenvalue weighted by molar-refractivity contribution is 5.63. The predicted molar refractivity (Wildman–Crippen MR) is 68.4 cm³/mol. The first-order valence-electron chi connectivity index (χ1n) is 6.44. The van der Waals surface area contributed by atoms with Gasteiger partial charge in [-0.15, -0.1) is 0 Å². The molecule has 0 amide bonds. The van der Waals surface area contributed by atoms with Gasteiger partial charge >= 0.3 is 0 Å². The molecule has 2 bridgehead atoms. The SMILES string of the molecule is COc1c(C)c(C)c(OC)c2c1[C@@H]1CC[C@H]2C1. The van der Waals surface area contributed by atoms with E-state index in [1.54, 1.807) is 14.2 Å². The fourth-order valence-electron chi connectivity index (χ4n) is 3.83. The molecule has 0 unspecified atom stereocenters. The molecule has 2 atom stereocenters. The van der Waals surface area contributed by atoms with Crippen molar-refractivity contribution in [2.24, 2.45) is 0 Å². The largest absolute Gasteiger partial charge is 0.496 e. The van der Waals surface area contributed by atoms with Gasteiger partial charge in [-0.25, -0.2) is 0 Å². The molecule has 2 aliphatic carbocycles. The minimum atomic E-state index is 0.707. The molecular formula is C15H20O2. The Morgan fingerprint density at radius 2 is 1.24 bits per heavy atom. The van der Waals surface area contributed by atoms with Crippen LogP contribution in [0.1, 0.15) is 53.4 Å². The summed E-state index contributed by atoms with van der Waals surface area (Å²) in [6.07, 6.45) is 3.93. The molecule has 0 N–H and O–H groups in total. The van der Waals surface area contributed by atoms with Crippen molar-refractivity contribution in [1.82, 2.24) is 0 Å². The van der Waals surface area contributed by atoms with Gasteiger partial charge < -0.3 is 9.47 Å². The van der Waals surface area contributed by atoms with Crippen LogP contribution < -0.4 is 9.47 Å². The molecule has 1 saturated carbocycles. The molecule has 17 heavy (non-hydrogen) atoms. The lowest BCUT2D eigenvalue weighted by molar-refractivity contribution is 0.386. The summed E-state index contributed by atoms with van der Waals surface area (Å²) in [4.78, 5) is 0. The average Bonchev–Trinajstić information content (AvgIpc) is 2.92. The smallest absolute Gasteiger partial charge is 0.126 e. The molecule has 2 heteroatoms. The maximum atomic E-state index is 5.67. The fourth-order valence-corrected chi connectivity index (χ4v) is 3.83. The summed E-state index contributed by atoms with van der Waals surface area (Å²) in [6.45, 7) is 4.28. The highest BCUT2D eigenvalue weighted by Crippen LogP contribution is 2.60. The molecule has 1 fully saturated rings. The maximum Gasteiger partial charge on any atom is 0.126 e. The maximum absolute atomic E-state index is 5.67. The van der Waals surface area contributed by atoms with E-state index >= 15 is 0 Å². The lowest BCUT2D eigenvalue weighted by atomic mass is 9.86. The minimum absolute atomic E-state index is 0.707. The summed E-state index contributed by atoms with van der Waals surface area (Å²) in [5.41, 5.74) is 5.39. The number of fused-ring (bicyclic) bond motifs is 5. The second kappa shape index (κ2) is 3.66. The minimum Gasteiger partial charge on any atom is -0.496 e. The van der Waals surface area contributed by atoms with E-state index in [-0.39, 0.29) is 0 Å². The average molecular weight is 232 g/mol. The summed E-state index contributed by atoms with van der Waals surface area (Å²) in [7, 11) is 3.58. The van der Waals surface area contributed by atoms with E-state index in [1.807, 2.05) is 0 Å². The van der Waals surface area contributed by atoms with Gasteiger partial charge in [-0.1, -0.05) is 0 Å². The van der Waals surface area contributed by atoms with Crippen molar-refractivity contribution in [2.45, 2.75) is 44.9 Å². The zero-order chi connectivity index (χ0) is 12.2. The van der Waals surface area contributed by atoms with Gasteiger partial charge in [0.15, 0.2) is 0 Å². The van der Waals surface area contributed by atoms with Crippen LogP contribution in [0, 0.1) is 13.8 Å². The Labute approximate surface area is 103 Å². The molecule has 3 rings (SSSR count). The Morgan fingerprint density at radius 3 is 1.59 bits per heavy atom. The third-order valence-corrected chi connectivity index (χ3v) is 4.68. The lowest BCUT2D eigenvalue weighted by Gasteiger charge is -2.24. The first-order chi connectivity index (χ1) is 8.19. The van der Waals surface area contributed by atoms with Crippen LogP contribution in [0.2, 0.25) is 0 Å². The highest BCUT2D eigenvalue weighted by atomic mass is 16.5. The Bertz CT molecular complexity index is 434. The van der Waals surface area contributed by atoms with Crippen LogP contribution in [0.25, 0.3) is 0 Å². The van der Waals surface area contributed by atoms with Crippen molar-refractivity contribution in [3.05, 3.63) is 22.3 Å². The van der Waals surface area contributed by atoms with E-state index in [9.17, 15) is 0 Å². The van der Waals surface area contributed by atoms with Gasteiger partial charge in [-0.05, 0) is 56.1 Å². The zero-order valence-electron chi connectivity index (χ0n) is 11.1. The molecule has 0 heterocycles. The monoisotopic (exact) mass is 232 g/mol. The van der Waals surface area contributed by atoms with Crippen molar-refractivity contribution in [3.8, 4) is 11.5 Å². The third-order valence-electron chi connectivity index (χ3n) is 4.68. The molecular weight excluding hydrogens is 212 g/mol. The number of methoxy groups -OCH3 is 2. The Morgan fingerprint density at radius 1 is 0.824 bits per heavy atom. The summed E-state index contributed by atoms with van der Waals surface area (Å²) >= 11 is 0. The second-order valence-electron chi connectivity index (χ2n) is 5.35. The second-order valence-corrected chi connectivity index (χ2v) is 5.35. The van der Waals surface area contributed by atoms with Crippen LogP contribution in [0.4, 0.5) is 0 Å². The van der Waals surface area contributed by atoms with E-state index in [1.165, 1.54) is 41.5 Å².